The summed E-state index contributed by atoms with van der Waals surface area (Å²) in [5.41, 5.74) is 1.73. The van der Waals surface area contributed by atoms with Crippen molar-refractivity contribution < 1.29 is 13.9 Å². The van der Waals surface area contributed by atoms with Crippen molar-refractivity contribution in [3.05, 3.63) is 35.1 Å². The molecule has 2 nitrogen and oxygen atoms in total. The molecule has 0 aromatic heterocycles. The standard InChI is InChI=1S/C13H16ClFO2/c1-9-8-11(15)4-5-12(9)13(6-3-7-14)16-10(2)17-13/h4-5,8,10H,3,6-7H2,1-2H3. The molecule has 0 saturated carbocycles. The van der Waals surface area contributed by atoms with Crippen molar-refractivity contribution in [2.45, 2.75) is 38.8 Å². The van der Waals surface area contributed by atoms with Crippen LogP contribution in [0.15, 0.2) is 18.2 Å². The van der Waals surface area contributed by atoms with Gasteiger partial charge in [0.05, 0.1) is 0 Å². The summed E-state index contributed by atoms with van der Waals surface area (Å²) < 4.78 is 24.5. The largest absolute Gasteiger partial charge is 0.317 e. The van der Waals surface area contributed by atoms with Gasteiger partial charge in [0.2, 0.25) is 5.79 Å². The molecule has 1 heterocycles. The molecule has 0 aliphatic carbocycles. The number of halogens is 2. The molecule has 94 valence electrons. The Morgan fingerprint density at radius 3 is 2.65 bits per heavy atom. The summed E-state index contributed by atoms with van der Waals surface area (Å²) in [5.74, 6) is -0.416. The number of rotatable bonds is 4. The van der Waals surface area contributed by atoms with E-state index in [0.29, 0.717) is 12.3 Å². The highest BCUT2D eigenvalue weighted by atomic mass is 35.5. The third kappa shape index (κ3) is 2.46. The molecule has 0 atom stereocenters. The number of ether oxygens (including phenoxy) is 2. The minimum absolute atomic E-state index is 0.213. The van der Waals surface area contributed by atoms with Gasteiger partial charge in [-0.2, -0.15) is 0 Å². The highest BCUT2D eigenvalue weighted by molar-refractivity contribution is 6.17. The van der Waals surface area contributed by atoms with Crippen molar-refractivity contribution in [2.24, 2.45) is 0 Å². The third-order valence-electron chi connectivity index (χ3n) is 2.95. The fraction of sp³-hybridized carbons (Fsp3) is 0.538. The molecule has 1 fully saturated rings. The van der Waals surface area contributed by atoms with Crippen LogP contribution in [0.4, 0.5) is 4.39 Å². The maximum absolute atomic E-state index is 13.1. The van der Waals surface area contributed by atoms with E-state index in [0.717, 1.165) is 17.5 Å². The monoisotopic (exact) mass is 258 g/mol. The van der Waals surface area contributed by atoms with Crippen LogP contribution in [0.25, 0.3) is 0 Å². The molecular weight excluding hydrogens is 243 g/mol. The second-order valence-electron chi connectivity index (χ2n) is 4.31. The normalized spacial score (nSPS) is 27.9. The highest BCUT2D eigenvalue weighted by Crippen LogP contribution is 2.43. The first-order valence-corrected chi connectivity index (χ1v) is 6.29. The van der Waals surface area contributed by atoms with Gasteiger partial charge in [-0.05, 0) is 38.0 Å². The van der Waals surface area contributed by atoms with Crippen LogP contribution in [0.2, 0.25) is 0 Å². The molecule has 1 aliphatic rings. The van der Waals surface area contributed by atoms with Crippen LogP contribution in [0.5, 0.6) is 0 Å². The van der Waals surface area contributed by atoms with E-state index >= 15 is 0 Å². The zero-order valence-electron chi connectivity index (χ0n) is 10.0. The number of aryl methyl sites for hydroxylation is 1. The van der Waals surface area contributed by atoms with Gasteiger partial charge in [0.1, 0.15) is 5.82 Å². The van der Waals surface area contributed by atoms with Gasteiger partial charge in [-0.1, -0.05) is 6.07 Å². The molecule has 0 radical (unpaired) electrons. The lowest BCUT2D eigenvalue weighted by Gasteiger charge is -2.47. The number of benzene rings is 1. The van der Waals surface area contributed by atoms with Crippen LogP contribution < -0.4 is 0 Å². The summed E-state index contributed by atoms with van der Waals surface area (Å²) in [6.07, 6.45) is 1.27. The molecule has 1 aromatic rings. The van der Waals surface area contributed by atoms with Crippen molar-refractivity contribution in [3.8, 4) is 0 Å². The van der Waals surface area contributed by atoms with E-state index in [1.54, 1.807) is 6.07 Å². The van der Waals surface area contributed by atoms with Gasteiger partial charge in [0.25, 0.3) is 0 Å². The molecule has 0 amide bonds. The molecule has 0 N–H and O–H groups in total. The molecule has 1 saturated heterocycles. The average Bonchev–Trinajstić information content (AvgIpc) is 2.23. The fourth-order valence-corrected chi connectivity index (χ4v) is 2.41. The predicted molar refractivity (Wildman–Crippen MR) is 64.4 cm³/mol. The number of hydrogen-bond donors (Lipinski definition) is 0. The molecular formula is C13H16ClFO2. The lowest BCUT2D eigenvalue weighted by molar-refractivity contribution is -0.458. The Labute approximate surface area is 106 Å². The van der Waals surface area contributed by atoms with Crippen LogP contribution in [-0.4, -0.2) is 12.2 Å². The van der Waals surface area contributed by atoms with Crippen molar-refractivity contribution in [1.29, 1.82) is 0 Å². The molecule has 4 heteroatoms. The molecule has 2 rings (SSSR count). The van der Waals surface area contributed by atoms with Crippen molar-refractivity contribution >= 4 is 11.6 Å². The second kappa shape index (κ2) is 4.92. The summed E-state index contributed by atoms with van der Waals surface area (Å²) >= 11 is 5.71. The summed E-state index contributed by atoms with van der Waals surface area (Å²) in [4.78, 5) is 0. The first kappa shape index (κ1) is 12.8. The molecule has 0 spiro atoms. The van der Waals surface area contributed by atoms with Crippen molar-refractivity contribution in [1.82, 2.24) is 0 Å². The zero-order chi connectivity index (χ0) is 12.5. The van der Waals surface area contributed by atoms with Crippen molar-refractivity contribution in [2.75, 3.05) is 5.88 Å². The molecule has 17 heavy (non-hydrogen) atoms. The van der Waals surface area contributed by atoms with E-state index in [1.807, 2.05) is 13.8 Å². The maximum atomic E-state index is 13.1. The molecule has 0 bridgehead atoms. The first-order chi connectivity index (χ1) is 8.07. The smallest absolute Gasteiger partial charge is 0.200 e. The van der Waals surface area contributed by atoms with Crippen LogP contribution in [0.3, 0.4) is 0 Å². The Kier molecular flexibility index (Phi) is 3.71. The minimum Gasteiger partial charge on any atom is -0.317 e. The lowest BCUT2D eigenvalue weighted by Crippen LogP contribution is -2.50. The van der Waals surface area contributed by atoms with E-state index in [1.165, 1.54) is 12.1 Å². The molecule has 1 aromatic carbocycles. The summed E-state index contributed by atoms with van der Waals surface area (Å²) in [7, 11) is 0. The van der Waals surface area contributed by atoms with Crippen LogP contribution >= 0.6 is 11.6 Å². The Balaban J connectivity index is 2.26. The van der Waals surface area contributed by atoms with Gasteiger partial charge in [-0.25, -0.2) is 4.39 Å². The van der Waals surface area contributed by atoms with Crippen molar-refractivity contribution in [3.63, 3.8) is 0 Å². The number of alkyl halides is 1. The predicted octanol–water partition coefficient (Wildman–Crippen LogP) is 3.70. The zero-order valence-corrected chi connectivity index (χ0v) is 10.8. The van der Waals surface area contributed by atoms with E-state index < -0.39 is 5.79 Å². The highest BCUT2D eigenvalue weighted by Gasteiger charge is 2.46. The van der Waals surface area contributed by atoms with Gasteiger partial charge in [-0.3, -0.25) is 0 Å². The average molecular weight is 259 g/mol. The maximum Gasteiger partial charge on any atom is 0.200 e. The van der Waals surface area contributed by atoms with E-state index in [4.69, 9.17) is 21.1 Å². The Hall–Kier alpha value is -0.640. The number of hydrogen-bond acceptors (Lipinski definition) is 2. The van der Waals surface area contributed by atoms with Gasteiger partial charge in [0, 0.05) is 17.9 Å². The quantitative estimate of drug-likeness (QED) is 0.767. The SMILES string of the molecule is Cc1cc(F)ccc1C1(CCCCl)OC(C)O1. The van der Waals surface area contributed by atoms with E-state index in [2.05, 4.69) is 0 Å². The Bertz CT molecular complexity index is 402. The minimum atomic E-state index is -0.730. The first-order valence-electron chi connectivity index (χ1n) is 5.75. The van der Waals surface area contributed by atoms with Crippen LogP contribution in [-0.2, 0) is 15.3 Å². The second-order valence-corrected chi connectivity index (χ2v) is 4.69. The molecule has 1 aliphatic heterocycles. The summed E-state index contributed by atoms with van der Waals surface area (Å²) in [6, 6.07) is 4.65. The van der Waals surface area contributed by atoms with Gasteiger partial charge < -0.3 is 9.47 Å². The lowest BCUT2D eigenvalue weighted by atomic mass is 9.94. The van der Waals surface area contributed by atoms with Gasteiger partial charge in [-0.15, -0.1) is 11.6 Å². The topological polar surface area (TPSA) is 18.5 Å². The third-order valence-corrected chi connectivity index (χ3v) is 3.22. The van der Waals surface area contributed by atoms with E-state index in [9.17, 15) is 4.39 Å². The Morgan fingerprint density at radius 1 is 1.41 bits per heavy atom. The summed E-state index contributed by atoms with van der Waals surface area (Å²) in [6.45, 7) is 3.70. The Morgan fingerprint density at radius 2 is 2.12 bits per heavy atom. The van der Waals surface area contributed by atoms with Gasteiger partial charge in [0.15, 0.2) is 6.29 Å². The van der Waals surface area contributed by atoms with Crippen LogP contribution in [0, 0.1) is 12.7 Å². The van der Waals surface area contributed by atoms with Crippen LogP contribution in [0.1, 0.15) is 30.9 Å². The fourth-order valence-electron chi connectivity index (χ4n) is 2.28. The van der Waals surface area contributed by atoms with E-state index in [-0.39, 0.29) is 12.1 Å². The summed E-state index contributed by atoms with van der Waals surface area (Å²) in [5, 5.41) is 0. The molecule has 0 unspecified atom stereocenters. The van der Waals surface area contributed by atoms with Gasteiger partial charge >= 0.3 is 0 Å².